The van der Waals surface area contributed by atoms with Crippen molar-refractivity contribution in [2.24, 2.45) is 0 Å². The van der Waals surface area contributed by atoms with Crippen LogP contribution in [0.2, 0.25) is 0 Å². The second-order valence-corrected chi connectivity index (χ2v) is 6.60. The van der Waals surface area contributed by atoms with Gasteiger partial charge in [-0.05, 0) is 46.8 Å². The highest BCUT2D eigenvalue weighted by Crippen LogP contribution is 2.09. The normalized spacial score (nSPS) is 11.0. The molecular formula is C18H24N2O3. The Morgan fingerprint density at radius 2 is 1.70 bits per heavy atom. The topological polar surface area (TPSA) is 67.4 Å². The van der Waals surface area contributed by atoms with Crippen LogP contribution in [0.15, 0.2) is 30.3 Å². The van der Waals surface area contributed by atoms with Gasteiger partial charge < -0.3 is 15.4 Å². The smallest absolute Gasteiger partial charge is 0.408 e. The standard InChI is InChI=1S/C18H24N2O3/c1-17(2,3)23-16(22)20-18(4,5)15(21)19-13-9-12-14-10-7-6-8-11-14/h6-8,10-11H,13H2,1-5H3,(H,19,21)(H,20,22). The van der Waals surface area contributed by atoms with Crippen LogP contribution in [0, 0.1) is 11.8 Å². The summed E-state index contributed by atoms with van der Waals surface area (Å²) in [5, 5.41) is 5.23. The maximum absolute atomic E-state index is 12.1. The molecule has 124 valence electrons. The molecule has 0 atom stereocenters. The minimum Gasteiger partial charge on any atom is -0.444 e. The predicted molar refractivity (Wildman–Crippen MR) is 89.8 cm³/mol. The lowest BCUT2D eigenvalue weighted by Crippen LogP contribution is -2.55. The molecule has 0 aliphatic heterocycles. The largest absolute Gasteiger partial charge is 0.444 e. The Kier molecular flexibility index (Phi) is 6.20. The molecule has 0 aromatic heterocycles. The zero-order chi connectivity index (χ0) is 17.5. The van der Waals surface area contributed by atoms with Crippen molar-refractivity contribution in [1.82, 2.24) is 10.6 Å². The summed E-state index contributed by atoms with van der Waals surface area (Å²) in [6.45, 7) is 8.71. The third-order valence-electron chi connectivity index (χ3n) is 2.72. The molecule has 0 saturated heterocycles. The minimum atomic E-state index is -1.09. The van der Waals surface area contributed by atoms with Crippen molar-refractivity contribution in [3.63, 3.8) is 0 Å². The van der Waals surface area contributed by atoms with E-state index in [0.717, 1.165) is 5.56 Å². The molecule has 0 saturated carbocycles. The van der Waals surface area contributed by atoms with E-state index >= 15 is 0 Å². The van der Waals surface area contributed by atoms with E-state index in [2.05, 4.69) is 22.5 Å². The highest BCUT2D eigenvalue weighted by Gasteiger charge is 2.31. The number of rotatable bonds is 3. The molecule has 1 aromatic carbocycles. The van der Waals surface area contributed by atoms with Crippen LogP contribution in [-0.2, 0) is 9.53 Å². The van der Waals surface area contributed by atoms with E-state index in [9.17, 15) is 9.59 Å². The van der Waals surface area contributed by atoms with Crippen LogP contribution < -0.4 is 10.6 Å². The monoisotopic (exact) mass is 316 g/mol. The number of ether oxygens (including phenoxy) is 1. The molecule has 0 fully saturated rings. The molecule has 0 radical (unpaired) electrons. The summed E-state index contributed by atoms with van der Waals surface area (Å²) in [5.41, 5.74) is -0.818. The summed E-state index contributed by atoms with van der Waals surface area (Å²) < 4.78 is 5.15. The first-order chi connectivity index (χ1) is 10.6. The zero-order valence-corrected chi connectivity index (χ0v) is 14.3. The summed E-state index contributed by atoms with van der Waals surface area (Å²) in [6, 6.07) is 9.50. The lowest BCUT2D eigenvalue weighted by atomic mass is 10.1. The molecule has 0 aliphatic rings. The number of hydrogen-bond acceptors (Lipinski definition) is 3. The summed E-state index contributed by atoms with van der Waals surface area (Å²) in [5.74, 6) is 5.49. The van der Waals surface area contributed by atoms with Crippen LogP contribution in [0.3, 0.4) is 0 Å². The second-order valence-electron chi connectivity index (χ2n) is 6.60. The Bertz CT molecular complexity index is 605. The fourth-order valence-electron chi connectivity index (χ4n) is 1.63. The van der Waals surface area contributed by atoms with Crippen LogP contribution in [0.4, 0.5) is 4.79 Å². The van der Waals surface area contributed by atoms with E-state index in [1.807, 2.05) is 30.3 Å². The van der Waals surface area contributed by atoms with Crippen molar-refractivity contribution in [2.45, 2.75) is 45.8 Å². The molecule has 5 nitrogen and oxygen atoms in total. The molecule has 0 spiro atoms. The van der Waals surface area contributed by atoms with Crippen LogP contribution in [0.5, 0.6) is 0 Å². The van der Waals surface area contributed by atoms with Gasteiger partial charge in [0, 0.05) is 5.56 Å². The number of benzene rings is 1. The van der Waals surface area contributed by atoms with Crippen molar-refractivity contribution < 1.29 is 14.3 Å². The predicted octanol–water partition coefficient (Wildman–Crippen LogP) is 2.46. The average Bonchev–Trinajstić information content (AvgIpc) is 2.41. The summed E-state index contributed by atoms with van der Waals surface area (Å²) in [6.07, 6.45) is -0.631. The molecule has 2 N–H and O–H groups in total. The summed E-state index contributed by atoms with van der Waals surface area (Å²) >= 11 is 0. The van der Waals surface area contributed by atoms with Crippen LogP contribution in [-0.4, -0.2) is 29.7 Å². The maximum Gasteiger partial charge on any atom is 0.408 e. The van der Waals surface area contributed by atoms with Gasteiger partial charge in [0.2, 0.25) is 5.91 Å². The summed E-state index contributed by atoms with van der Waals surface area (Å²) in [4.78, 5) is 23.9. The van der Waals surface area contributed by atoms with Crippen molar-refractivity contribution >= 4 is 12.0 Å². The first-order valence-corrected chi connectivity index (χ1v) is 7.43. The molecule has 1 aromatic rings. The first kappa shape index (κ1) is 18.6. The van der Waals surface area contributed by atoms with Gasteiger partial charge in [-0.15, -0.1) is 0 Å². The highest BCUT2D eigenvalue weighted by molar-refractivity contribution is 5.89. The second kappa shape index (κ2) is 7.68. The molecular weight excluding hydrogens is 292 g/mol. The lowest BCUT2D eigenvalue weighted by Gasteiger charge is -2.27. The quantitative estimate of drug-likeness (QED) is 0.842. The zero-order valence-electron chi connectivity index (χ0n) is 14.3. The van der Waals surface area contributed by atoms with Gasteiger partial charge in [0.1, 0.15) is 11.1 Å². The number of alkyl carbamates (subject to hydrolysis) is 1. The van der Waals surface area contributed by atoms with Gasteiger partial charge in [0.05, 0.1) is 6.54 Å². The van der Waals surface area contributed by atoms with E-state index < -0.39 is 17.2 Å². The van der Waals surface area contributed by atoms with Crippen molar-refractivity contribution in [1.29, 1.82) is 0 Å². The van der Waals surface area contributed by atoms with Gasteiger partial charge in [-0.2, -0.15) is 0 Å². The molecule has 0 aliphatic carbocycles. The van der Waals surface area contributed by atoms with Gasteiger partial charge in [-0.25, -0.2) is 4.79 Å². The Labute approximate surface area is 137 Å². The Balaban J connectivity index is 2.49. The number of carbonyl (C=O) groups is 2. The van der Waals surface area contributed by atoms with Gasteiger partial charge in [0.15, 0.2) is 0 Å². The molecule has 0 bridgehead atoms. The van der Waals surface area contributed by atoms with E-state index in [1.54, 1.807) is 34.6 Å². The van der Waals surface area contributed by atoms with Crippen molar-refractivity contribution in [3.8, 4) is 11.8 Å². The third kappa shape index (κ3) is 7.37. The number of carbonyl (C=O) groups excluding carboxylic acids is 2. The van der Waals surface area contributed by atoms with Crippen molar-refractivity contribution in [2.75, 3.05) is 6.54 Å². The van der Waals surface area contributed by atoms with E-state index in [1.165, 1.54) is 0 Å². The summed E-state index contributed by atoms with van der Waals surface area (Å²) in [7, 11) is 0. The van der Waals surface area contributed by atoms with Crippen molar-refractivity contribution in [3.05, 3.63) is 35.9 Å². The first-order valence-electron chi connectivity index (χ1n) is 7.43. The van der Waals surface area contributed by atoms with Gasteiger partial charge in [0.25, 0.3) is 0 Å². The molecule has 5 heteroatoms. The average molecular weight is 316 g/mol. The highest BCUT2D eigenvalue weighted by atomic mass is 16.6. The van der Waals surface area contributed by atoms with E-state index in [4.69, 9.17) is 4.74 Å². The van der Waals surface area contributed by atoms with Gasteiger partial charge in [-0.3, -0.25) is 4.79 Å². The van der Waals surface area contributed by atoms with E-state index in [-0.39, 0.29) is 12.5 Å². The van der Waals surface area contributed by atoms with Crippen LogP contribution in [0.25, 0.3) is 0 Å². The SMILES string of the molecule is CC(C)(C)OC(=O)NC(C)(C)C(=O)NCC#Cc1ccccc1. The molecule has 0 heterocycles. The van der Waals surface area contributed by atoms with E-state index in [0.29, 0.717) is 0 Å². The Morgan fingerprint density at radius 3 is 2.26 bits per heavy atom. The molecule has 1 rings (SSSR count). The number of amides is 2. The Hall–Kier alpha value is -2.48. The third-order valence-corrected chi connectivity index (χ3v) is 2.72. The minimum absolute atomic E-state index is 0.202. The fraction of sp³-hybridized carbons (Fsp3) is 0.444. The Morgan fingerprint density at radius 1 is 1.09 bits per heavy atom. The van der Waals surface area contributed by atoms with Gasteiger partial charge >= 0.3 is 6.09 Å². The molecule has 2 amide bonds. The maximum atomic E-state index is 12.1. The van der Waals surface area contributed by atoms with Gasteiger partial charge in [-0.1, -0.05) is 30.0 Å². The molecule has 0 unspecified atom stereocenters. The number of hydrogen-bond donors (Lipinski definition) is 2. The fourth-order valence-corrected chi connectivity index (χ4v) is 1.63. The van der Waals surface area contributed by atoms with Crippen LogP contribution >= 0.6 is 0 Å². The molecule has 23 heavy (non-hydrogen) atoms. The van der Waals surface area contributed by atoms with Crippen LogP contribution in [0.1, 0.15) is 40.2 Å². The number of nitrogens with one attached hydrogen (secondary N) is 2. The lowest BCUT2D eigenvalue weighted by molar-refractivity contribution is -0.126.